The number of nitrogens with zero attached hydrogens (tertiary/aromatic N) is 4. The Morgan fingerprint density at radius 2 is 1.87 bits per heavy atom. The highest BCUT2D eigenvalue weighted by Gasteiger charge is 2.25. The summed E-state index contributed by atoms with van der Waals surface area (Å²) < 4.78 is 21.4. The van der Waals surface area contributed by atoms with E-state index in [1.54, 1.807) is 25.4 Å². The van der Waals surface area contributed by atoms with Crippen LogP contribution < -0.4 is 4.74 Å². The van der Waals surface area contributed by atoms with Gasteiger partial charge in [0.1, 0.15) is 11.6 Å². The second kappa shape index (κ2) is 9.41. The zero-order valence-corrected chi connectivity index (χ0v) is 17.7. The topological polar surface area (TPSA) is 33.5 Å². The number of piperazine rings is 1. The minimum Gasteiger partial charge on any atom is -0.497 e. The van der Waals surface area contributed by atoms with Crippen molar-refractivity contribution in [3.05, 3.63) is 83.4 Å². The van der Waals surface area contributed by atoms with E-state index in [9.17, 15) is 4.39 Å². The maximum absolute atomic E-state index is 14.0. The van der Waals surface area contributed by atoms with Gasteiger partial charge in [-0.2, -0.15) is 5.10 Å². The second-order valence-electron chi connectivity index (χ2n) is 7.98. The minimum atomic E-state index is -0.117. The highest BCUT2D eigenvalue weighted by atomic mass is 19.1. The zero-order chi connectivity index (χ0) is 20.9. The van der Waals surface area contributed by atoms with E-state index in [-0.39, 0.29) is 5.82 Å². The summed E-state index contributed by atoms with van der Waals surface area (Å²) in [4.78, 5) is 4.85. The van der Waals surface area contributed by atoms with Gasteiger partial charge in [-0.3, -0.25) is 14.5 Å². The molecule has 0 radical (unpaired) electrons. The summed E-state index contributed by atoms with van der Waals surface area (Å²) in [6.45, 7) is 7.35. The molecule has 1 fully saturated rings. The number of methoxy groups -OCH3 is 1. The Bertz CT molecular complexity index is 960. The summed E-state index contributed by atoms with van der Waals surface area (Å²) in [6, 6.07) is 15.7. The van der Waals surface area contributed by atoms with Crippen molar-refractivity contribution in [3.63, 3.8) is 0 Å². The third-order valence-corrected chi connectivity index (χ3v) is 5.88. The third kappa shape index (κ3) is 4.89. The second-order valence-corrected chi connectivity index (χ2v) is 7.98. The van der Waals surface area contributed by atoms with Crippen LogP contribution in [0.3, 0.4) is 0 Å². The molecule has 1 aromatic heterocycles. The molecule has 1 saturated heterocycles. The van der Waals surface area contributed by atoms with Crippen molar-refractivity contribution in [1.82, 2.24) is 19.6 Å². The zero-order valence-electron chi connectivity index (χ0n) is 17.7. The van der Waals surface area contributed by atoms with Gasteiger partial charge in [-0.15, -0.1) is 0 Å². The SMILES string of the molecule is COc1ccc(CN2CCN(Cc3ccccc3F)C[C@H]2C)c(Cn2cccn2)c1. The molecule has 0 N–H and O–H groups in total. The molecule has 0 spiro atoms. The van der Waals surface area contributed by atoms with Crippen LogP contribution in [0.15, 0.2) is 60.9 Å². The van der Waals surface area contributed by atoms with Crippen LogP contribution in [-0.4, -0.2) is 52.4 Å². The smallest absolute Gasteiger partial charge is 0.127 e. The van der Waals surface area contributed by atoms with E-state index >= 15 is 0 Å². The molecule has 0 bridgehead atoms. The molecule has 158 valence electrons. The van der Waals surface area contributed by atoms with Crippen LogP contribution in [0.2, 0.25) is 0 Å². The van der Waals surface area contributed by atoms with Gasteiger partial charge in [-0.25, -0.2) is 4.39 Å². The number of hydrogen-bond donors (Lipinski definition) is 0. The maximum Gasteiger partial charge on any atom is 0.127 e. The van der Waals surface area contributed by atoms with Gasteiger partial charge in [0.25, 0.3) is 0 Å². The van der Waals surface area contributed by atoms with Crippen molar-refractivity contribution in [2.45, 2.75) is 32.6 Å². The van der Waals surface area contributed by atoms with Crippen LogP contribution in [0, 0.1) is 5.82 Å². The average Bonchev–Trinajstić information content (AvgIpc) is 3.26. The first-order valence-electron chi connectivity index (χ1n) is 10.5. The van der Waals surface area contributed by atoms with E-state index in [2.05, 4.69) is 34.0 Å². The molecule has 1 aliphatic rings. The molecule has 30 heavy (non-hydrogen) atoms. The summed E-state index contributed by atoms with van der Waals surface area (Å²) in [5.74, 6) is 0.748. The molecule has 1 atom stereocenters. The highest BCUT2D eigenvalue weighted by Crippen LogP contribution is 2.23. The molecule has 5 nitrogen and oxygen atoms in total. The van der Waals surface area contributed by atoms with Gasteiger partial charge in [-0.1, -0.05) is 24.3 Å². The summed E-state index contributed by atoms with van der Waals surface area (Å²) in [5, 5.41) is 4.35. The molecular formula is C24H29FN4O. The Morgan fingerprint density at radius 3 is 2.60 bits per heavy atom. The fourth-order valence-corrected chi connectivity index (χ4v) is 4.13. The van der Waals surface area contributed by atoms with E-state index in [1.807, 2.05) is 35.1 Å². The predicted molar refractivity (Wildman–Crippen MR) is 116 cm³/mol. The Hall–Kier alpha value is -2.70. The largest absolute Gasteiger partial charge is 0.497 e. The van der Waals surface area contributed by atoms with Crippen LogP contribution in [-0.2, 0) is 19.6 Å². The number of ether oxygens (including phenoxy) is 1. The lowest BCUT2D eigenvalue weighted by atomic mass is 10.0. The summed E-state index contributed by atoms with van der Waals surface area (Å²) in [5.41, 5.74) is 3.29. The standard InChI is InChI=1S/C24H29FN4O/c1-19-15-27(16-21-6-3-4-7-24(21)25)12-13-28(19)17-20-8-9-23(30-2)14-22(20)18-29-11-5-10-26-29/h3-11,14,19H,12-13,15-18H2,1-2H3/t19-/m1/s1. The number of rotatable bonds is 7. The van der Waals surface area contributed by atoms with Crippen molar-refractivity contribution < 1.29 is 9.13 Å². The Morgan fingerprint density at radius 1 is 1.00 bits per heavy atom. The summed E-state index contributed by atoms with van der Waals surface area (Å²) >= 11 is 0. The van der Waals surface area contributed by atoms with E-state index < -0.39 is 0 Å². The molecule has 6 heteroatoms. The molecular weight excluding hydrogens is 379 g/mol. The number of halogens is 1. The Balaban J connectivity index is 1.43. The lowest BCUT2D eigenvalue weighted by Gasteiger charge is -2.40. The van der Waals surface area contributed by atoms with Gasteiger partial charge in [-0.05, 0) is 42.3 Å². The van der Waals surface area contributed by atoms with Gasteiger partial charge in [0.15, 0.2) is 0 Å². The van der Waals surface area contributed by atoms with E-state index in [1.165, 1.54) is 11.1 Å². The van der Waals surface area contributed by atoms with E-state index in [0.717, 1.165) is 44.0 Å². The highest BCUT2D eigenvalue weighted by molar-refractivity contribution is 5.36. The molecule has 0 unspecified atom stereocenters. The van der Waals surface area contributed by atoms with Crippen LogP contribution in [0.1, 0.15) is 23.6 Å². The van der Waals surface area contributed by atoms with Gasteiger partial charge in [0, 0.05) is 56.7 Å². The molecule has 0 amide bonds. The lowest BCUT2D eigenvalue weighted by Crippen LogP contribution is -2.51. The van der Waals surface area contributed by atoms with Crippen molar-refractivity contribution in [3.8, 4) is 5.75 Å². The normalized spacial score (nSPS) is 17.9. The predicted octanol–water partition coefficient (Wildman–Crippen LogP) is 3.79. The molecule has 3 aromatic rings. The lowest BCUT2D eigenvalue weighted by molar-refractivity contribution is 0.0724. The van der Waals surface area contributed by atoms with Crippen molar-refractivity contribution in [2.24, 2.45) is 0 Å². The monoisotopic (exact) mass is 408 g/mol. The molecule has 2 aromatic carbocycles. The molecule has 0 saturated carbocycles. The average molecular weight is 409 g/mol. The van der Waals surface area contributed by atoms with Gasteiger partial charge in [0.2, 0.25) is 0 Å². The first-order valence-corrected chi connectivity index (χ1v) is 10.5. The molecule has 1 aliphatic heterocycles. The number of aromatic nitrogens is 2. The van der Waals surface area contributed by atoms with Crippen molar-refractivity contribution in [1.29, 1.82) is 0 Å². The quantitative estimate of drug-likeness (QED) is 0.596. The third-order valence-electron chi connectivity index (χ3n) is 5.88. The fraction of sp³-hybridized carbons (Fsp3) is 0.375. The van der Waals surface area contributed by atoms with Gasteiger partial charge in [0.05, 0.1) is 13.7 Å². The van der Waals surface area contributed by atoms with E-state index in [0.29, 0.717) is 12.6 Å². The van der Waals surface area contributed by atoms with Crippen molar-refractivity contribution >= 4 is 0 Å². The molecule has 0 aliphatic carbocycles. The van der Waals surface area contributed by atoms with Crippen molar-refractivity contribution in [2.75, 3.05) is 26.7 Å². The van der Waals surface area contributed by atoms with Crippen LogP contribution >= 0.6 is 0 Å². The number of benzene rings is 2. The van der Waals surface area contributed by atoms with Crippen LogP contribution in [0.4, 0.5) is 4.39 Å². The van der Waals surface area contributed by atoms with Gasteiger partial charge < -0.3 is 4.74 Å². The molecule has 4 rings (SSSR count). The Kier molecular flexibility index (Phi) is 6.45. The van der Waals surface area contributed by atoms with Crippen LogP contribution in [0.25, 0.3) is 0 Å². The minimum absolute atomic E-state index is 0.117. The summed E-state index contributed by atoms with van der Waals surface area (Å²) in [7, 11) is 1.70. The number of hydrogen-bond acceptors (Lipinski definition) is 4. The molecule has 2 heterocycles. The van der Waals surface area contributed by atoms with E-state index in [4.69, 9.17) is 4.74 Å². The first-order chi connectivity index (χ1) is 14.6. The maximum atomic E-state index is 14.0. The first kappa shape index (κ1) is 20.6. The van der Waals surface area contributed by atoms with Crippen LogP contribution in [0.5, 0.6) is 5.75 Å². The summed E-state index contributed by atoms with van der Waals surface area (Å²) in [6.07, 6.45) is 3.78. The fourth-order valence-electron chi connectivity index (χ4n) is 4.13. The Labute approximate surface area is 177 Å². The van der Waals surface area contributed by atoms with Gasteiger partial charge >= 0.3 is 0 Å².